The van der Waals surface area contributed by atoms with E-state index in [0.717, 1.165) is 41.3 Å². The van der Waals surface area contributed by atoms with Gasteiger partial charge in [-0.15, -0.1) is 5.10 Å². The van der Waals surface area contributed by atoms with E-state index in [1.807, 2.05) is 18.2 Å². The number of hydrogen-bond donors (Lipinski definition) is 2. The van der Waals surface area contributed by atoms with E-state index in [4.69, 9.17) is 0 Å². The summed E-state index contributed by atoms with van der Waals surface area (Å²) in [5, 5.41) is 15.6. The number of anilines is 1. The van der Waals surface area contributed by atoms with Crippen LogP contribution in [0.4, 0.5) is 5.69 Å². The number of carbonyl (C=O) groups excluding carboxylic acids is 1. The summed E-state index contributed by atoms with van der Waals surface area (Å²) in [6.45, 7) is 0. The Morgan fingerprint density at radius 2 is 2.20 bits per heavy atom. The van der Waals surface area contributed by atoms with Crippen LogP contribution in [0.1, 0.15) is 17.5 Å². The van der Waals surface area contributed by atoms with Crippen LogP contribution >= 0.6 is 11.8 Å². The third kappa shape index (κ3) is 3.02. The van der Waals surface area contributed by atoms with Crippen LogP contribution in [0, 0.1) is 0 Å². The third-order valence-electron chi connectivity index (χ3n) is 4.28. The maximum absolute atomic E-state index is 12.2. The summed E-state index contributed by atoms with van der Waals surface area (Å²) in [7, 11) is 1.72. The molecule has 1 aliphatic carbocycles. The van der Waals surface area contributed by atoms with E-state index in [1.54, 1.807) is 7.05 Å². The summed E-state index contributed by atoms with van der Waals surface area (Å²) in [5.41, 5.74) is 3.44. The maximum atomic E-state index is 12.2. The van der Waals surface area contributed by atoms with Gasteiger partial charge in [0, 0.05) is 23.7 Å². The van der Waals surface area contributed by atoms with Crippen molar-refractivity contribution in [2.24, 2.45) is 7.05 Å². The summed E-state index contributed by atoms with van der Waals surface area (Å²) >= 11 is 1.26. The molecule has 1 aliphatic rings. The van der Waals surface area contributed by atoms with Crippen molar-refractivity contribution in [3.63, 3.8) is 0 Å². The first kappa shape index (κ1) is 15.8. The predicted octanol–water partition coefficient (Wildman–Crippen LogP) is 1.27. The highest BCUT2D eigenvalue weighted by Crippen LogP contribution is 2.27. The van der Waals surface area contributed by atoms with Crippen LogP contribution in [0.3, 0.4) is 0 Å². The molecule has 1 aromatic carbocycles. The van der Waals surface area contributed by atoms with Crippen LogP contribution in [0.15, 0.2) is 28.2 Å². The summed E-state index contributed by atoms with van der Waals surface area (Å²) in [4.78, 5) is 27.2. The highest BCUT2D eigenvalue weighted by atomic mass is 32.2. The maximum Gasteiger partial charge on any atom is 0.251 e. The molecule has 3 aromatic rings. The highest BCUT2D eigenvalue weighted by molar-refractivity contribution is 7.99. The number of rotatable bonds is 4. The van der Waals surface area contributed by atoms with Gasteiger partial charge in [0.25, 0.3) is 5.56 Å². The first-order chi connectivity index (χ1) is 12.1. The number of hydrogen-bond acceptors (Lipinski definition) is 6. The van der Waals surface area contributed by atoms with Crippen molar-refractivity contribution in [2.45, 2.75) is 24.4 Å². The van der Waals surface area contributed by atoms with Crippen LogP contribution < -0.4 is 10.9 Å². The zero-order valence-corrected chi connectivity index (χ0v) is 14.4. The van der Waals surface area contributed by atoms with Gasteiger partial charge in [-0.25, -0.2) is 4.68 Å². The van der Waals surface area contributed by atoms with Gasteiger partial charge in [0.1, 0.15) is 0 Å². The molecule has 0 atom stereocenters. The molecule has 2 N–H and O–H groups in total. The molecular weight excluding hydrogens is 340 g/mol. The van der Waals surface area contributed by atoms with Crippen LogP contribution in [-0.4, -0.2) is 36.9 Å². The number of nitrogens with zero attached hydrogens (tertiary/aromatic N) is 4. The summed E-state index contributed by atoms with van der Waals surface area (Å²) < 4.78 is 1.51. The van der Waals surface area contributed by atoms with Crippen LogP contribution in [0.5, 0.6) is 0 Å². The fourth-order valence-electron chi connectivity index (χ4n) is 3.15. The Balaban J connectivity index is 1.52. The first-order valence-corrected chi connectivity index (χ1v) is 8.93. The second kappa shape index (κ2) is 6.32. The molecule has 9 heteroatoms. The third-order valence-corrected chi connectivity index (χ3v) is 5.29. The zero-order chi connectivity index (χ0) is 17.4. The molecule has 4 rings (SSSR count). The molecule has 0 spiro atoms. The van der Waals surface area contributed by atoms with Gasteiger partial charge in [-0.3, -0.25) is 9.59 Å². The van der Waals surface area contributed by atoms with E-state index in [2.05, 4.69) is 25.8 Å². The second-order valence-corrected chi connectivity index (χ2v) is 6.89. The van der Waals surface area contributed by atoms with E-state index < -0.39 is 0 Å². The normalized spacial score (nSPS) is 13.2. The van der Waals surface area contributed by atoms with Gasteiger partial charge in [0.15, 0.2) is 0 Å². The molecule has 2 aromatic heterocycles. The highest BCUT2D eigenvalue weighted by Gasteiger charge is 2.18. The van der Waals surface area contributed by atoms with Gasteiger partial charge >= 0.3 is 0 Å². The Morgan fingerprint density at radius 3 is 3.00 bits per heavy atom. The second-order valence-electron chi connectivity index (χ2n) is 5.95. The number of aryl methyl sites for hydroxylation is 2. The number of aromatic nitrogens is 5. The van der Waals surface area contributed by atoms with Crippen LogP contribution in [-0.2, 0) is 24.7 Å². The Hall–Kier alpha value is -2.68. The van der Waals surface area contributed by atoms with Gasteiger partial charge < -0.3 is 10.3 Å². The first-order valence-electron chi connectivity index (χ1n) is 7.94. The van der Waals surface area contributed by atoms with Crippen molar-refractivity contribution < 1.29 is 4.79 Å². The Morgan fingerprint density at radius 1 is 1.36 bits per heavy atom. The fraction of sp³-hybridized carbons (Fsp3) is 0.312. The summed E-state index contributed by atoms with van der Waals surface area (Å²) in [6.07, 6.45) is 2.79. The quantitative estimate of drug-likeness (QED) is 0.682. The van der Waals surface area contributed by atoms with E-state index in [1.165, 1.54) is 16.4 Å². The Bertz CT molecular complexity index is 1030. The lowest BCUT2D eigenvalue weighted by molar-refractivity contribution is -0.113. The van der Waals surface area contributed by atoms with Crippen molar-refractivity contribution in [3.05, 3.63) is 39.7 Å². The van der Waals surface area contributed by atoms with Crippen molar-refractivity contribution in [3.8, 4) is 0 Å². The molecule has 0 saturated heterocycles. The van der Waals surface area contributed by atoms with Crippen LogP contribution in [0.25, 0.3) is 10.9 Å². The topological polar surface area (TPSA) is 106 Å². The number of thioether (sulfide) groups is 1. The van der Waals surface area contributed by atoms with Gasteiger partial charge in [-0.2, -0.15) is 0 Å². The number of H-pyrrole nitrogens is 1. The molecule has 128 valence electrons. The number of pyridine rings is 1. The molecule has 25 heavy (non-hydrogen) atoms. The number of carbonyl (C=O) groups is 1. The average molecular weight is 356 g/mol. The van der Waals surface area contributed by atoms with E-state index in [-0.39, 0.29) is 17.2 Å². The lowest BCUT2D eigenvalue weighted by Gasteiger charge is -2.09. The summed E-state index contributed by atoms with van der Waals surface area (Å²) in [5.74, 6) is 0.0447. The molecule has 0 saturated carbocycles. The van der Waals surface area contributed by atoms with Gasteiger partial charge in [-0.05, 0) is 47.4 Å². The lowest BCUT2D eigenvalue weighted by Crippen LogP contribution is -2.15. The van der Waals surface area contributed by atoms with E-state index in [9.17, 15) is 9.59 Å². The molecule has 0 unspecified atom stereocenters. The molecule has 0 fully saturated rings. The molecule has 0 aliphatic heterocycles. The SMILES string of the molecule is Cn1nnnc1SCC(=O)Nc1ccc2c3c(c(=O)[nH]c2c1)CCC3. The number of fused-ring (bicyclic) bond motifs is 3. The number of aromatic amines is 1. The Kier molecular flexibility index (Phi) is 4.00. The smallest absolute Gasteiger partial charge is 0.251 e. The van der Waals surface area contributed by atoms with Gasteiger partial charge in [0.05, 0.1) is 11.3 Å². The molecule has 2 heterocycles. The largest absolute Gasteiger partial charge is 0.325 e. The Labute approximate surface area is 147 Å². The molecule has 8 nitrogen and oxygen atoms in total. The summed E-state index contributed by atoms with van der Waals surface area (Å²) in [6, 6.07) is 5.64. The lowest BCUT2D eigenvalue weighted by atomic mass is 10.1. The minimum absolute atomic E-state index is 0.0196. The van der Waals surface area contributed by atoms with Crippen molar-refractivity contribution in [2.75, 3.05) is 11.1 Å². The average Bonchev–Trinajstić information content (AvgIpc) is 3.22. The minimum Gasteiger partial charge on any atom is -0.325 e. The van der Waals surface area contributed by atoms with Crippen molar-refractivity contribution in [1.82, 2.24) is 25.2 Å². The van der Waals surface area contributed by atoms with Crippen molar-refractivity contribution >= 4 is 34.3 Å². The molecule has 0 bridgehead atoms. The van der Waals surface area contributed by atoms with Crippen molar-refractivity contribution in [1.29, 1.82) is 0 Å². The number of tetrazole rings is 1. The predicted molar refractivity (Wildman–Crippen MR) is 94.7 cm³/mol. The fourth-order valence-corrected chi connectivity index (χ4v) is 3.80. The number of amides is 1. The molecular formula is C16H16N6O2S. The van der Waals surface area contributed by atoms with E-state index in [0.29, 0.717) is 10.8 Å². The van der Waals surface area contributed by atoms with Gasteiger partial charge in [0.2, 0.25) is 11.1 Å². The number of benzene rings is 1. The molecule has 1 amide bonds. The van der Waals surface area contributed by atoms with E-state index >= 15 is 0 Å². The zero-order valence-electron chi connectivity index (χ0n) is 13.6. The monoisotopic (exact) mass is 356 g/mol. The minimum atomic E-state index is -0.157. The number of nitrogens with one attached hydrogen (secondary N) is 2. The van der Waals surface area contributed by atoms with Gasteiger partial charge in [-0.1, -0.05) is 17.8 Å². The standard InChI is InChI=1S/C16H16N6O2S/c1-22-16(19-20-21-22)25-8-14(23)17-9-5-6-11-10-3-2-4-12(10)15(24)18-13(11)7-9/h5-7H,2-4,8H2,1H3,(H,17,23)(H,18,24). The molecule has 0 radical (unpaired) electrons. The van der Waals surface area contributed by atoms with Crippen LogP contribution in [0.2, 0.25) is 0 Å².